The number of nitrogens with one attached hydrogen (secondary N) is 1. The second-order valence-electron chi connectivity index (χ2n) is 10.7. The molecule has 1 N–H and O–H groups in total. The summed E-state index contributed by atoms with van der Waals surface area (Å²) in [6.45, 7) is 6.96. The molecule has 0 aliphatic heterocycles. The molecule has 0 fully saturated rings. The monoisotopic (exact) mass is 621 g/mol. The number of rotatable bonds is 11. The van der Waals surface area contributed by atoms with Crippen molar-refractivity contribution in [1.82, 2.24) is 44.2 Å². The molecule has 236 valence electrons. The molecule has 4 aromatic heterocycles. The minimum absolute atomic E-state index is 0.189. The van der Waals surface area contributed by atoms with E-state index in [2.05, 4.69) is 15.4 Å². The van der Waals surface area contributed by atoms with Gasteiger partial charge in [0.15, 0.2) is 11.6 Å². The van der Waals surface area contributed by atoms with Crippen molar-refractivity contribution in [3.05, 3.63) is 89.3 Å². The number of nitrogens with zero attached hydrogens (tertiary/aromatic N) is 8. The van der Waals surface area contributed by atoms with Crippen LogP contribution >= 0.6 is 0 Å². The lowest BCUT2D eigenvalue weighted by Gasteiger charge is -2.11. The number of imidazole rings is 1. The van der Waals surface area contributed by atoms with Crippen LogP contribution in [0, 0.1) is 13.8 Å². The van der Waals surface area contributed by atoms with Crippen molar-refractivity contribution in [2.75, 3.05) is 14.2 Å². The highest BCUT2D eigenvalue weighted by Gasteiger charge is 2.27. The highest BCUT2D eigenvalue weighted by molar-refractivity contribution is 5.94. The standard InChI is InChI=1S/C33H35N9O4/c1-7-42-28(29(21(3)38-42)46-19-22-11-9-8-10-12-22)30-37-31(40(4)39-30)27-25-17-34-20(2)18-41(25)32(36-27)33(43)35-16-23-13-14-24(44-5)15-26(23)45-6/h8-15,17-18H,7,16,19H2,1-6H3,(H,35,43). The highest BCUT2D eigenvalue weighted by atomic mass is 16.5. The molecular formula is C33H35N9O4. The first-order chi connectivity index (χ1) is 22.3. The van der Waals surface area contributed by atoms with Crippen LogP contribution in [-0.4, -0.2) is 59.0 Å². The second-order valence-corrected chi connectivity index (χ2v) is 10.7. The Labute approximate surface area is 265 Å². The molecule has 0 aliphatic rings. The summed E-state index contributed by atoms with van der Waals surface area (Å²) in [5.41, 5.74) is 5.04. The summed E-state index contributed by atoms with van der Waals surface area (Å²) in [6, 6.07) is 15.4. The van der Waals surface area contributed by atoms with Crippen molar-refractivity contribution in [3.63, 3.8) is 0 Å². The van der Waals surface area contributed by atoms with E-state index in [-0.39, 0.29) is 18.3 Å². The fraction of sp³-hybridized carbons (Fsp3) is 0.273. The van der Waals surface area contributed by atoms with Gasteiger partial charge in [-0.05, 0) is 38.5 Å². The Bertz CT molecular complexity index is 2030. The van der Waals surface area contributed by atoms with Crippen LogP contribution in [0.4, 0.5) is 0 Å². The van der Waals surface area contributed by atoms with Crippen molar-refractivity contribution >= 4 is 11.4 Å². The van der Waals surface area contributed by atoms with Gasteiger partial charge in [0.1, 0.15) is 35.2 Å². The normalized spacial score (nSPS) is 11.2. The first-order valence-electron chi connectivity index (χ1n) is 14.8. The molecule has 1 amide bonds. The maximum Gasteiger partial charge on any atom is 0.287 e. The minimum atomic E-state index is -0.372. The molecule has 2 aromatic carbocycles. The van der Waals surface area contributed by atoms with Crippen LogP contribution in [-0.2, 0) is 26.7 Å². The molecule has 13 heteroatoms. The average Bonchev–Trinajstić information content (AvgIpc) is 3.74. The molecule has 4 heterocycles. The van der Waals surface area contributed by atoms with E-state index in [4.69, 9.17) is 29.3 Å². The van der Waals surface area contributed by atoms with Gasteiger partial charge in [-0.25, -0.2) is 14.6 Å². The molecule has 6 aromatic rings. The molecule has 13 nitrogen and oxygen atoms in total. The predicted octanol–water partition coefficient (Wildman–Crippen LogP) is 4.55. The van der Waals surface area contributed by atoms with Crippen LogP contribution < -0.4 is 19.5 Å². The Morgan fingerprint density at radius 1 is 1.00 bits per heavy atom. The lowest BCUT2D eigenvalue weighted by molar-refractivity contribution is 0.0939. The van der Waals surface area contributed by atoms with Gasteiger partial charge < -0.3 is 19.5 Å². The number of carbonyl (C=O) groups is 1. The van der Waals surface area contributed by atoms with E-state index in [9.17, 15) is 4.79 Å². The molecule has 0 bridgehead atoms. The van der Waals surface area contributed by atoms with Crippen LogP contribution in [0.1, 0.15) is 40.1 Å². The average molecular weight is 622 g/mol. The van der Waals surface area contributed by atoms with E-state index in [0.29, 0.717) is 59.0 Å². The molecular weight excluding hydrogens is 586 g/mol. The molecule has 46 heavy (non-hydrogen) atoms. The summed E-state index contributed by atoms with van der Waals surface area (Å²) >= 11 is 0. The van der Waals surface area contributed by atoms with Gasteiger partial charge in [-0.1, -0.05) is 30.3 Å². The number of carbonyl (C=O) groups excluding carboxylic acids is 1. The van der Waals surface area contributed by atoms with Gasteiger partial charge in [0, 0.05) is 38.0 Å². The van der Waals surface area contributed by atoms with Gasteiger partial charge in [0.25, 0.3) is 5.91 Å². The number of fused-ring (bicyclic) bond motifs is 1. The Kier molecular flexibility index (Phi) is 8.38. The van der Waals surface area contributed by atoms with E-state index in [1.165, 1.54) is 0 Å². The van der Waals surface area contributed by atoms with Crippen molar-refractivity contribution in [2.45, 2.75) is 40.5 Å². The molecule has 0 aliphatic carbocycles. The van der Waals surface area contributed by atoms with Crippen LogP contribution in [0.5, 0.6) is 17.2 Å². The lowest BCUT2D eigenvalue weighted by Crippen LogP contribution is -2.25. The lowest BCUT2D eigenvalue weighted by atomic mass is 10.2. The van der Waals surface area contributed by atoms with E-state index in [1.807, 2.05) is 67.9 Å². The van der Waals surface area contributed by atoms with Crippen molar-refractivity contribution in [1.29, 1.82) is 0 Å². The number of hydrogen-bond acceptors (Lipinski definition) is 9. The fourth-order valence-corrected chi connectivity index (χ4v) is 5.26. The first-order valence-corrected chi connectivity index (χ1v) is 14.8. The highest BCUT2D eigenvalue weighted by Crippen LogP contribution is 2.34. The van der Waals surface area contributed by atoms with Gasteiger partial charge in [-0.3, -0.25) is 18.9 Å². The summed E-state index contributed by atoms with van der Waals surface area (Å²) < 4.78 is 22.3. The van der Waals surface area contributed by atoms with Crippen molar-refractivity contribution in [2.24, 2.45) is 7.05 Å². The third-order valence-corrected chi connectivity index (χ3v) is 7.58. The smallest absolute Gasteiger partial charge is 0.287 e. The number of methoxy groups -OCH3 is 2. The molecule has 6 rings (SSSR count). The van der Waals surface area contributed by atoms with Crippen molar-refractivity contribution < 1.29 is 19.0 Å². The molecule has 0 spiro atoms. The van der Waals surface area contributed by atoms with E-state index < -0.39 is 0 Å². The fourth-order valence-electron chi connectivity index (χ4n) is 5.26. The van der Waals surface area contributed by atoms with Crippen LogP contribution in [0.25, 0.3) is 28.6 Å². The summed E-state index contributed by atoms with van der Waals surface area (Å²) in [6.07, 6.45) is 3.46. The number of aromatic nitrogens is 8. The van der Waals surface area contributed by atoms with Gasteiger partial charge in [-0.15, -0.1) is 5.10 Å². The van der Waals surface area contributed by atoms with E-state index in [1.54, 1.807) is 48.8 Å². The minimum Gasteiger partial charge on any atom is -0.497 e. The number of ether oxygens (including phenoxy) is 3. The quantitative estimate of drug-likeness (QED) is 0.221. The topological polar surface area (TPSA) is 136 Å². The summed E-state index contributed by atoms with van der Waals surface area (Å²) in [4.78, 5) is 27.8. The van der Waals surface area contributed by atoms with Crippen LogP contribution in [0.15, 0.2) is 60.9 Å². The molecule has 0 saturated carbocycles. The third-order valence-electron chi connectivity index (χ3n) is 7.58. The maximum atomic E-state index is 13.6. The van der Waals surface area contributed by atoms with Crippen molar-refractivity contribution in [3.8, 4) is 40.3 Å². The molecule has 0 atom stereocenters. The van der Waals surface area contributed by atoms with Crippen LogP contribution in [0.2, 0.25) is 0 Å². The predicted molar refractivity (Wildman–Crippen MR) is 171 cm³/mol. The van der Waals surface area contributed by atoms with Gasteiger partial charge in [0.2, 0.25) is 11.6 Å². The van der Waals surface area contributed by atoms with Gasteiger partial charge >= 0.3 is 0 Å². The zero-order chi connectivity index (χ0) is 32.4. The Hall–Kier alpha value is -5.72. The van der Waals surface area contributed by atoms with Crippen LogP contribution in [0.3, 0.4) is 0 Å². The first kappa shape index (κ1) is 30.3. The number of amides is 1. The van der Waals surface area contributed by atoms with Gasteiger partial charge in [-0.2, -0.15) is 5.10 Å². The molecule has 0 saturated heterocycles. The Morgan fingerprint density at radius 3 is 2.54 bits per heavy atom. The van der Waals surface area contributed by atoms with Gasteiger partial charge in [0.05, 0.1) is 31.6 Å². The number of aryl methyl sites for hydroxylation is 4. The Morgan fingerprint density at radius 2 is 1.80 bits per heavy atom. The molecule has 0 radical (unpaired) electrons. The maximum absolute atomic E-state index is 13.6. The summed E-state index contributed by atoms with van der Waals surface area (Å²) in [5.74, 6) is 2.59. The SMILES string of the molecule is CCn1nc(C)c(OCc2ccccc2)c1-c1nc(-c2nc(C(=O)NCc3ccc(OC)cc3OC)n3cc(C)ncc23)n(C)n1. The second kappa shape index (κ2) is 12.7. The summed E-state index contributed by atoms with van der Waals surface area (Å²) in [5, 5.41) is 12.4. The largest absolute Gasteiger partial charge is 0.497 e. The molecule has 0 unspecified atom stereocenters. The third kappa shape index (κ3) is 5.74. The van der Waals surface area contributed by atoms with E-state index in [0.717, 1.165) is 22.5 Å². The summed E-state index contributed by atoms with van der Waals surface area (Å²) in [7, 11) is 4.96. The zero-order valence-corrected chi connectivity index (χ0v) is 26.6. The Balaban J connectivity index is 1.35. The van der Waals surface area contributed by atoms with E-state index >= 15 is 0 Å². The zero-order valence-electron chi connectivity index (χ0n) is 26.6. The number of benzene rings is 2. The number of hydrogen-bond donors (Lipinski definition) is 1.